The molecule has 0 radical (unpaired) electrons. The van der Waals surface area contributed by atoms with E-state index in [0.29, 0.717) is 27.7 Å². The van der Waals surface area contributed by atoms with Gasteiger partial charge in [-0.3, -0.25) is 9.59 Å². The zero-order valence-corrected chi connectivity index (χ0v) is 15.0. The standard InChI is InChI=1S/C17H18ClN3O4/c1-8-14(10(3)22)9(2)20-15(8)17(24)25-11(4)16(23)21-13-6-5-12(18)7-19-13/h5-7,11,20H,1-4H3,(H,19,21,23)/t11-/m1/s1. The van der Waals surface area contributed by atoms with Gasteiger partial charge in [-0.15, -0.1) is 0 Å². The van der Waals surface area contributed by atoms with E-state index in [1.165, 1.54) is 26.1 Å². The van der Waals surface area contributed by atoms with E-state index in [0.717, 1.165) is 0 Å². The Morgan fingerprint density at radius 3 is 2.48 bits per heavy atom. The van der Waals surface area contributed by atoms with E-state index in [1.807, 2.05) is 0 Å². The zero-order valence-electron chi connectivity index (χ0n) is 14.3. The maximum Gasteiger partial charge on any atom is 0.355 e. The lowest BCUT2D eigenvalue weighted by Gasteiger charge is -2.13. The Hall–Kier alpha value is -2.67. The quantitative estimate of drug-likeness (QED) is 0.628. The van der Waals surface area contributed by atoms with E-state index in [4.69, 9.17) is 16.3 Å². The van der Waals surface area contributed by atoms with Crippen LogP contribution in [0, 0.1) is 13.8 Å². The van der Waals surface area contributed by atoms with Crippen LogP contribution >= 0.6 is 11.6 Å². The molecule has 2 aromatic rings. The number of ketones is 1. The van der Waals surface area contributed by atoms with Crippen molar-refractivity contribution in [3.8, 4) is 0 Å². The number of ether oxygens (including phenoxy) is 1. The number of carbonyl (C=O) groups is 3. The predicted octanol–water partition coefficient (Wildman–Crippen LogP) is 3.07. The summed E-state index contributed by atoms with van der Waals surface area (Å²) in [6.07, 6.45) is 0.344. The monoisotopic (exact) mass is 363 g/mol. The average molecular weight is 364 g/mol. The molecule has 8 heteroatoms. The number of aromatic amines is 1. The van der Waals surface area contributed by atoms with Crippen LogP contribution in [0.15, 0.2) is 18.3 Å². The largest absolute Gasteiger partial charge is 0.448 e. The second-order valence-corrected chi connectivity index (χ2v) is 6.02. The van der Waals surface area contributed by atoms with E-state index in [9.17, 15) is 14.4 Å². The van der Waals surface area contributed by atoms with E-state index < -0.39 is 18.0 Å². The number of pyridine rings is 1. The van der Waals surface area contributed by atoms with Gasteiger partial charge in [0.25, 0.3) is 5.91 Å². The first-order valence-electron chi connectivity index (χ1n) is 7.54. The van der Waals surface area contributed by atoms with Crippen LogP contribution in [0.2, 0.25) is 5.02 Å². The fourth-order valence-electron chi connectivity index (χ4n) is 2.43. The molecule has 0 saturated carbocycles. The van der Waals surface area contributed by atoms with Gasteiger partial charge in [0.2, 0.25) is 0 Å². The molecule has 0 aliphatic rings. The van der Waals surface area contributed by atoms with E-state index in [1.54, 1.807) is 19.9 Å². The number of aromatic nitrogens is 2. The van der Waals surface area contributed by atoms with Gasteiger partial charge in [0.1, 0.15) is 11.5 Å². The van der Waals surface area contributed by atoms with Gasteiger partial charge in [-0.1, -0.05) is 11.6 Å². The molecule has 2 aromatic heterocycles. The lowest BCUT2D eigenvalue weighted by molar-refractivity contribution is -0.123. The predicted molar refractivity (Wildman–Crippen MR) is 93.0 cm³/mol. The molecule has 7 nitrogen and oxygen atoms in total. The van der Waals surface area contributed by atoms with Crippen molar-refractivity contribution in [1.29, 1.82) is 0 Å². The number of nitrogens with one attached hydrogen (secondary N) is 2. The molecule has 2 N–H and O–H groups in total. The van der Waals surface area contributed by atoms with Crippen LogP contribution in [0.3, 0.4) is 0 Å². The molecular weight excluding hydrogens is 346 g/mol. The Morgan fingerprint density at radius 2 is 1.96 bits per heavy atom. The van der Waals surface area contributed by atoms with Crippen molar-refractivity contribution in [3.05, 3.63) is 45.9 Å². The Morgan fingerprint density at radius 1 is 1.28 bits per heavy atom. The number of halogens is 1. The first-order valence-corrected chi connectivity index (χ1v) is 7.92. The second kappa shape index (κ2) is 7.48. The maximum absolute atomic E-state index is 12.3. The number of aryl methyl sites for hydroxylation is 1. The van der Waals surface area contributed by atoms with Gasteiger partial charge in [-0.2, -0.15) is 0 Å². The molecule has 1 atom stereocenters. The Labute approximate surface area is 149 Å². The van der Waals surface area contributed by atoms with E-state index >= 15 is 0 Å². The van der Waals surface area contributed by atoms with Crippen LogP contribution in [0.5, 0.6) is 0 Å². The van der Waals surface area contributed by atoms with Crippen LogP contribution in [0.25, 0.3) is 0 Å². The summed E-state index contributed by atoms with van der Waals surface area (Å²) in [7, 11) is 0. The topological polar surface area (TPSA) is 101 Å². The van der Waals surface area contributed by atoms with Crippen molar-refractivity contribution in [2.75, 3.05) is 5.32 Å². The zero-order chi connectivity index (χ0) is 18.7. The number of amides is 1. The first-order chi connectivity index (χ1) is 11.7. The van der Waals surface area contributed by atoms with Crippen molar-refractivity contribution in [2.45, 2.75) is 33.8 Å². The van der Waals surface area contributed by atoms with Crippen LogP contribution in [0.4, 0.5) is 5.82 Å². The number of rotatable bonds is 5. The van der Waals surface area contributed by atoms with Gasteiger partial charge in [-0.25, -0.2) is 9.78 Å². The third kappa shape index (κ3) is 4.24. The van der Waals surface area contributed by atoms with E-state index in [2.05, 4.69) is 15.3 Å². The number of Topliss-reactive ketones (excluding diaryl/α,β-unsaturated/α-hetero) is 1. The molecule has 25 heavy (non-hydrogen) atoms. The lowest BCUT2D eigenvalue weighted by atomic mass is 10.1. The van der Waals surface area contributed by atoms with Gasteiger partial charge in [0.05, 0.1) is 5.02 Å². The minimum atomic E-state index is -1.05. The average Bonchev–Trinajstić information content (AvgIpc) is 2.84. The molecule has 0 aliphatic heterocycles. The van der Waals surface area contributed by atoms with Gasteiger partial charge < -0.3 is 15.0 Å². The smallest absolute Gasteiger partial charge is 0.355 e. The molecule has 0 bridgehead atoms. The summed E-state index contributed by atoms with van der Waals surface area (Å²) >= 11 is 5.73. The molecule has 0 aliphatic carbocycles. The molecule has 132 valence electrons. The number of anilines is 1. The number of hydrogen-bond donors (Lipinski definition) is 2. The SMILES string of the molecule is CC(=O)c1c(C)[nH]c(C(=O)O[C@H](C)C(=O)Nc2ccc(Cl)cn2)c1C. The number of carbonyl (C=O) groups excluding carboxylic acids is 3. The highest BCUT2D eigenvalue weighted by Gasteiger charge is 2.24. The minimum Gasteiger partial charge on any atom is -0.448 e. The fourth-order valence-corrected chi connectivity index (χ4v) is 2.54. The maximum atomic E-state index is 12.3. The van der Waals surface area contributed by atoms with Crippen molar-refractivity contribution >= 4 is 35.1 Å². The Bertz CT molecular complexity index is 827. The number of esters is 1. The highest BCUT2D eigenvalue weighted by Crippen LogP contribution is 2.20. The Balaban J connectivity index is 2.07. The van der Waals surface area contributed by atoms with Gasteiger partial charge in [0, 0.05) is 17.5 Å². The molecule has 0 aromatic carbocycles. The number of hydrogen-bond acceptors (Lipinski definition) is 5. The van der Waals surface area contributed by atoms with Crippen molar-refractivity contribution in [2.24, 2.45) is 0 Å². The van der Waals surface area contributed by atoms with Crippen LogP contribution in [-0.4, -0.2) is 33.7 Å². The van der Waals surface area contributed by atoms with Crippen LogP contribution < -0.4 is 5.32 Å². The summed E-state index contributed by atoms with van der Waals surface area (Å²) < 4.78 is 5.18. The van der Waals surface area contributed by atoms with Gasteiger partial charge >= 0.3 is 5.97 Å². The summed E-state index contributed by atoms with van der Waals surface area (Å²) in [6.45, 7) is 6.22. The normalized spacial score (nSPS) is 11.7. The highest BCUT2D eigenvalue weighted by atomic mass is 35.5. The molecule has 2 rings (SSSR count). The molecule has 1 amide bonds. The third-order valence-electron chi connectivity index (χ3n) is 3.63. The van der Waals surface area contributed by atoms with Crippen LogP contribution in [0.1, 0.15) is 46.0 Å². The minimum absolute atomic E-state index is 0.148. The molecule has 0 unspecified atom stereocenters. The summed E-state index contributed by atoms with van der Waals surface area (Å²) in [5, 5.41) is 2.97. The van der Waals surface area contributed by atoms with Gasteiger partial charge in [0.15, 0.2) is 11.9 Å². The molecule has 0 fully saturated rings. The van der Waals surface area contributed by atoms with E-state index in [-0.39, 0.29) is 11.5 Å². The molecule has 0 saturated heterocycles. The fraction of sp³-hybridized carbons (Fsp3) is 0.294. The third-order valence-corrected chi connectivity index (χ3v) is 3.85. The summed E-state index contributed by atoms with van der Waals surface area (Å²) in [5.74, 6) is -1.09. The van der Waals surface area contributed by atoms with Crippen molar-refractivity contribution < 1.29 is 19.1 Å². The summed E-state index contributed by atoms with van der Waals surface area (Å²) in [6, 6.07) is 3.11. The second-order valence-electron chi connectivity index (χ2n) is 5.58. The first kappa shape index (κ1) is 18.7. The molecule has 2 heterocycles. The highest BCUT2D eigenvalue weighted by molar-refractivity contribution is 6.30. The van der Waals surface area contributed by atoms with Crippen LogP contribution in [-0.2, 0) is 9.53 Å². The number of nitrogens with zero attached hydrogens (tertiary/aromatic N) is 1. The molecule has 0 spiro atoms. The van der Waals surface area contributed by atoms with Crippen molar-refractivity contribution in [1.82, 2.24) is 9.97 Å². The lowest BCUT2D eigenvalue weighted by Crippen LogP contribution is -2.30. The van der Waals surface area contributed by atoms with Gasteiger partial charge in [-0.05, 0) is 45.4 Å². The summed E-state index contributed by atoms with van der Waals surface area (Å²) in [5.41, 5.74) is 1.70. The summed E-state index contributed by atoms with van der Waals surface area (Å²) in [4.78, 5) is 42.8. The van der Waals surface area contributed by atoms with Crippen molar-refractivity contribution in [3.63, 3.8) is 0 Å². The number of H-pyrrole nitrogens is 1. The molecular formula is C17H18ClN3O4. The Kier molecular flexibility index (Phi) is 5.58.